The molecule has 0 aliphatic rings. The number of Topliss-reactive ketones (excluding diaryl/α,β-unsaturated/α-hetero) is 1. The van der Waals surface area contributed by atoms with Gasteiger partial charge in [-0.05, 0) is 57.5 Å². The van der Waals surface area contributed by atoms with E-state index in [0.717, 1.165) is 0 Å². The molecule has 0 radical (unpaired) electrons. The fraction of sp³-hybridized carbons (Fsp3) is 0.261. The monoisotopic (exact) mass is 507 g/mol. The first-order valence-corrected chi connectivity index (χ1v) is 10.7. The second-order valence-corrected chi connectivity index (χ2v) is 8.39. The Labute approximate surface area is 203 Å². The van der Waals surface area contributed by atoms with Gasteiger partial charge in [-0.2, -0.15) is 18.3 Å². The normalized spacial score (nSPS) is 11.5. The zero-order valence-electron chi connectivity index (χ0n) is 19.1. The molecule has 0 unspecified atom stereocenters. The molecule has 1 aromatic carbocycles. The molecule has 3 rings (SSSR count). The van der Waals surface area contributed by atoms with Gasteiger partial charge < -0.3 is 10.6 Å². The van der Waals surface area contributed by atoms with Crippen molar-refractivity contribution in [2.24, 2.45) is 0 Å². The number of anilines is 1. The molecule has 0 aliphatic heterocycles. The van der Waals surface area contributed by atoms with E-state index in [-0.39, 0.29) is 39.5 Å². The molecule has 2 N–H and O–H groups in total. The Bertz CT molecular complexity index is 1320. The molecule has 35 heavy (non-hydrogen) atoms. The van der Waals surface area contributed by atoms with Crippen molar-refractivity contribution in [3.63, 3.8) is 0 Å². The van der Waals surface area contributed by atoms with Gasteiger partial charge in [0.15, 0.2) is 17.3 Å². The van der Waals surface area contributed by atoms with Gasteiger partial charge in [0, 0.05) is 23.9 Å². The Morgan fingerprint density at radius 1 is 1.11 bits per heavy atom. The minimum atomic E-state index is -4.84. The number of amides is 2. The molecule has 8 nitrogen and oxygen atoms in total. The second-order valence-electron chi connectivity index (χ2n) is 7.99. The van der Waals surface area contributed by atoms with Gasteiger partial charge in [-0.3, -0.25) is 14.4 Å². The van der Waals surface area contributed by atoms with Crippen molar-refractivity contribution in [3.05, 3.63) is 69.6 Å². The van der Waals surface area contributed by atoms with E-state index in [1.54, 1.807) is 20.8 Å². The highest BCUT2D eigenvalue weighted by Crippen LogP contribution is 2.31. The SMILES string of the molecule is CC(=O)c1cc(C)c(NC(=O)c2cc(C(F)(F)F)nn2-c2ncccc2Cl)c(C(=O)NC(C)C)c1. The van der Waals surface area contributed by atoms with Crippen LogP contribution in [-0.2, 0) is 6.18 Å². The molecule has 2 heterocycles. The quantitative estimate of drug-likeness (QED) is 0.464. The van der Waals surface area contributed by atoms with Crippen LogP contribution in [0.2, 0.25) is 5.02 Å². The maximum atomic E-state index is 13.4. The van der Waals surface area contributed by atoms with Crippen molar-refractivity contribution >= 4 is 34.9 Å². The molecule has 0 bridgehead atoms. The van der Waals surface area contributed by atoms with E-state index < -0.39 is 29.4 Å². The molecule has 0 atom stereocenters. The predicted molar refractivity (Wildman–Crippen MR) is 123 cm³/mol. The number of nitrogens with one attached hydrogen (secondary N) is 2. The van der Waals surface area contributed by atoms with Gasteiger partial charge in [0.2, 0.25) is 0 Å². The lowest BCUT2D eigenvalue weighted by molar-refractivity contribution is -0.141. The van der Waals surface area contributed by atoms with E-state index >= 15 is 0 Å². The molecule has 0 aliphatic carbocycles. The number of ketones is 1. The van der Waals surface area contributed by atoms with Crippen molar-refractivity contribution in [2.45, 2.75) is 39.9 Å². The van der Waals surface area contributed by atoms with Crippen LogP contribution in [0.3, 0.4) is 0 Å². The highest BCUT2D eigenvalue weighted by atomic mass is 35.5. The van der Waals surface area contributed by atoms with E-state index in [2.05, 4.69) is 20.7 Å². The zero-order valence-corrected chi connectivity index (χ0v) is 19.9. The Kier molecular flexibility index (Phi) is 7.30. The van der Waals surface area contributed by atoms with Crippen LogP contribution < -0.4 is 10.6 Å². The van der Waals surface area contributed by atoms with Crippen molar-refractivity contribution < 1.29 is 27.6 Å². The van der Waals surface area contributed by atoms with Crippen LogP contribution in [0.5, 0.6) is 0 Å². The number of hydrogen-bond donors (Lipinski definition) is 2. The summed E-state index contributed by atoms with van der Waals surface area (Å²) in [5, 5.41) is 8.64. The number of nitrogens with zero attached hydrogens (tertiary/aromatic N) is 3. The summed E-state index contributed by atoms with van der Waals surface area (Å²) < 4.78 is 40.9. The van der Waals surface area contributed by atoms with E-state index in [9.17, 15) is 27.6 Å². The van der Waals surface area contributed by atoms with Gasteiger partial charge in [-0.1, -0.05) is 11.6 Å². The summed E-state index contributed by atoms with van der Waals surface area (Å²) in [6, 6.07) is 5.95. The average Bonchev–Trinajstić information content (AvgIpc) is 3.20. The van der Waals surface area contributed by atoms with Gasteiger partial charge in [0.1, 0.15) is 5.69 Å². The third kappa shape index (κ3) is 5.68. The van der Waals surface area contributed by atoms with Gasteiger partial charge in [0.05, 0.1) is 16.3 Å². The van der Waals surface area contributed by atoms with Crippen LogP contribution in [0.25, 0.3) is 5.82 Å². The Hall–Kier alpha value is -3.73. The number of halogens is 4. The fourth-order valence-electron chi connectivity index (χ4n) is 3.23. The number of alkyl halides is 3. The summed E-state index contributed by atoms with van der Waals surface area (Å²) in [5.74, 6) is -2.05. The van der Waals surface area contributed by atoms with Crippen molar-refractivity contribution in [2.75, 3.05) is 5.32 Å². The lowest BCUT2D eigenvalue weighted by atomic mass is 10.00. The summed E-state index contributed by atoms with van der Waals surface area (Å²) in [7, 11) is 0. The average molecular weight is 508 g/mol. The Morgan fingerprint density at radius 2 is 1.80 bits per heavy atom. The molecule has 184 valence electrons. The lowest BCUT2D eigenvalue weighted by Crippen LogP contribution is -2.31. The molecular weight excluding hydrogens is 487 g/mol. The number of carbonyl (C=O) groups is 3. The van der Waals surface area contributed by atoms with E-state index in [1.165, 1.54) is 37.4 Å². The topological polar surface area (TPSA) is 106 Å². The van der Waals surface area contributed by atoms with Crippen LogP contribution in [0, 0.1) is 6.92 Å². The minimum Gasteiger partial charge on any atom is -0.350 e. The van der Waals surface area contributed by atoms with Gasteiger partial charge >= 0.3 is 6.18 Å². The van der Waals surface area contributed by atoms with Crippen LogP contribution in [0.1, 0.15) is 63.2 Å². The molecule has 0 saturated heterocycles. The van der Waals surface area contributed by atoms with Gasteiger partial charge in [0.25, 0.3) is 11.8 Å². The summed E-state index contributed by atoms with van der Waals surface area (Å²) in [4.78, 5) is 41.9. The summed E-state index contributed by atoms with van der Waals surface area (Å²) >= 11 is 6.09. The van der Waals surface area contributed by atoms with Crippen molar-refractivity contribution in [1.82, 2.24) is 20.1 Å². The number of aromatic nitrogens is 3. The first-order chi connectivity index (χ1) is 16.3. The fourth-order valence-corrected chi connectivity index (χ4v) is 3.43. The molecule has 0 fully saturated rings. The van der Waals surface area contributed by atoms with Crippen LogP contribution >= 0.6 is 11.6 Å². The third-order valence-electron chi connectivity index (χ3n) is 4.82. The molecule has 0 saturated carbocycles. The number of pyridine rings is 1. The van der Waals surface area contributed by atoms with Crippen LogP contribution in [0.4, 0.5) is 18.9 Å². The van der Waals surface area contributed by atoms with E-state index in [0.29, 0.717) is 16.3 Å². The summed E-state index contributed by atoms with van der Waals surface area (Å²) in [6.45, 7) is 6.34. The number of carbonyl (C=O) groups excluding carboxylic acids is 3. The lowest BCUT2D eigenvalue weighted by Gasteiger charge is -2.17. The first-order valence-electron chi connectivity index (χ1n) is 10.4. The zero-order chi connectivity index (χ0) is 26.1. The van der Waals surface area contributed by atoms with Gasteiger partial charge in [-0.25, -0.2) is 9.67 Å². The smallest absolute Gasteiger partial charge is 0.350 e. The summed E-state index contributed by atoms with van der Waals surface area (Å²) in [6.07, 6.45) is -3.56. The second kappa shape index (κ2) is 9.87. The number of benzene rings is 1. The highest BCUT2D eigenvalue weighted by molar-refractivity contribution is 6.32. The first kappa shape index (κ1) is 25.9. The van der Waals surface area contributed by atoms with Crippen LogP contribution in [-0.4, -0.2) is 38.4 Å². The van der Waals surface area contributed by atoms with Crippen molar-refractivity contribution in [1.29, 1.82) is 0 Å². The third-order valence-corrected chi connectivity index (χ3v) is 5.11. The Balaban J connectivity index is 2.13. The molecule has 3 aromatic rings. The molecule has 0 spiro atoms. The van der Waals surface area contributed by atoms with E-state index in [1.807, 2.05) is 0 Å². The van der Waals surface area contributed by atoms with Crippen molar-refractivity contribution in [3.8, 4) is 5.82 Å². The predicted octanol–water partition coefficient (Wildman–Crippen LogP) is 4.84. The molecule has 12 heteroatoms. The minimum absolute atomic E-state index is 0.0183. The number of hydrogen-bond acceptors (Lipinski definition) is 5. The Morgan fingerprint density at radius 3 is 2.37 bits per heavy atom. The molecular formula is C23H21ClF3N5O3. The molecule has 2 amide bonds. The highest BCUT2D eigenvalue weighted by Gasteiger charge is 2.37. The number of aryl methyl sites for hydroxylation is 1. The van der Waals surface area contributed by atoms with Crippen LogP contribution in [0.15, 0.2) is 36.5 Å². The maximum absolute atomic E-state index is 13.4. The maximum Gasteiger partial charge on any atom is 0.435 e. The van der Waals surface area contributed by atoms with E-state index in [4.69, 9.17) is 11.6 Å². The number of rotatable bonds is 6. The largest absolute Gasteiger partial charge is 0.435 e. The standard InChI is InChI=1S/C23H21ClF3N5O3/c1-11(2)29-21(34)15-9-14(13(4)33)8-12(3)19(15)30-22(35)17-10-18(23(25,26)27)31-32(17)20-16(24)6-5-7-28-20/h5-11H,1-4H3,(H,29,34)(H,30,35). The van der Waals surface area contributed by atoms with Gasteiger partial charge in [-0.15, -0.1) is 0 Å². The summed E-state index contributed by atoms with van der Waals surface area (Å²) in [5.41, 5.74) is -1.23. The molecule has 2 aromatic heterocycles.